The first kappa shape index (κ1) is 56.3. The molecule has 4 heteroatoms. The van der Waals surface area contributed by atoms with Gasteiger partial charge in [-0.05, 0) is 152 Å². The molecule has 7 aromatic carbocycles. The summed E-state index contributed by atoms with van der Waals surface area (Å²) in [5, 5.41) is 23.7. The molecule has 0 heterocycles. The Labute approximate surface area is 457 Å². The zero-order valence-electron chi connectivity index (χ0n) is 46.3. The second kappa shape index (κ2) is 30.8. The number of anilines is 2. The summed E-state index contributed by atoms with van der Waals surface area (Å²) >= 11 is 0. The maximum atomic E-state index is 9.54. The van der Waals surface area contributed by atoms with Crippen LogP contribution >= 0.6 is 0 Å². The van der Waals surface area contributed by atoms with Crippen LogP contribution in [0, 0.1) is 22.7 Å². The summed E-state index contributed by atoms with van der Waals surface area (Å²) in [6, 6.07) is 52.1. The molecule has 0 saturated heterocycles. The lowest BCUT2D eigenvalue weighted by Gasteiger charge is -2.25. The fourth-order valence-corrected chi connectivity index (χ4v) is 10.2. The van der Waals surface area contributed by atoms with Crippen LogP contribution in [0.5, 0.6) is 0 Å². The van der Waals surface area contributed by atoms with E-state index < -0.39 is 0 Å². The Bertz CT molecular complexity index is 2850. The monoisotopic (exact) mass is 1000 g/mol. The Kier molecular flexibility index (Phi) is 22.9. The van der Waals surface area contributed by atoms with Crippen molar-refractivity contribution in [2.75, 3.05) is 36.0 Å². The Balaban J connectivity index is 1.26. The second-order valence-corrected chi connectivity index (χ2v) is 20.6. The third-order valence-electron chi connectivity index (χ3n) is 14.8. The Morgan fingerprint density at radius 1 is 0.303 bits per heavy atom. The lowest BCUT2D eigenvalue weighted by atomic mass is 9.88. The van der Waals surface area contributed by atoms with Crippen LogP contribution in [0.25, 0.3) is 70.2 Å². The first-order chi connectivity index (χ1) is 37.4. The minimum absolute atomic E-state index is 0.647. The van der Waals surface area contributed by atoms with Gasteiger partial charge in [0.15, 0.2) is 0 Å². The molecule has 0 amide bonds. The standard InChI is InChI=1S/C72H82N4/c1-5-9-13-17-49-75(50-18-14-10-6-2)65-41-33-59(34-42-65)21-27-61-39-47-69-68(46-38-58-25-31-64(56-74)32-26-58)72-54-62(40-48-70(72)67(71(69)53-61)45-37-57-23-29-63(55-73)30-24-57)28-22-60-35-43-66(44-36-60)76(51-19-15-11-7-3)52-20-16-12-8-4/h21-48,53-54H,5-20,49-52H2,1-4H3. The van der Waals surface area contributed by atoms with E-state index in [1.807, 2.05) is 48.5 Å². The van der Waals surface area contributed by atoms with E-state index in [2.05, 4.69) is 183 Å². The van der Waals surface area contributed by atoms with Crippen LogP contribution in [0.4, 0.5) is 11.4 Å². The van der Waals surface area contributed by atoms with Gasteiger partial charge in [0.2, 0.25) is 0 Å². The zero-order chi connectivity index (χ0) is 53.2. The van der Waals surface area contributed by atoms with Crippen molar-refractivity contribution in [3.8, 4) is 12.1 Å². The third-order valence-corrected chi connectivity index (χ3v) is 14.8. The SMILES string of the molecule is CCCCCCN(CCCCCC)c1ccc(C=Cc2ccc3c(C=Cc4ccc(C#N)cc4)c4cc(C=Cc5ccc(N(CCCCCC)CCCCCC)cc5)ccc4c(C=Cc4ccc(C#N)cc4)c3c2)cc1. The minimum atomic E-state index is 0.647. The van der Waals surface area contributed by atoms with Gasteiger partial charge < -0.3 is 9.80 Å². The Morgan fingerprint density at radius 3 is 0.882 bits per heavy atom. The van der Waals surface area contributed by atoms with E-state index in [0.29, 0.717) is 11.1 Å². The smallest absolute Gasteiger partial charge is 0.0991 e. The summed E-state index contributed by atoms with van der Waals surface area (Å²) in [6.45, 7) is 13.6. The Morgan fingerprint density at radius 2 is 0.579 bits per heavy atom. The topological polar surface area (TPSA) is 54.1 Å². The molecule has 76 heavy (non-hydrogen) atoms. The number of hydrogen-bond donors (Lipinski definition) is 0. The molecule has 0 aliphatic heterocycles. The average molecular weight is 1000 g/mol. The van der Waals surface area contributed by atoms with Crippen molar-refractivity contribution < 1.29 is 0 Å². The minimum Gasteiger partial charge on any atom is -0.372 e. The molecular formula is C72H82N4. The zero-order valence-corrected chi connectivity index (χ0v) is 46.3. The number of rotatable bonds is 30. The third kappa shape index (κ3) is 16.8. The van der Waals surface area contributed by atoms with Gasteiger partial charge in [-0.3, -0.25) is 0 Å². The predicted octanol–water partition coefficient (Wildman–Crippen LogP) is 20.4. The fourth-order valence-electron chi connectivity index (χ4n) is 10.2. The van der Waals surface area contributed by atoms with Crippen LogP contribution in [0.3, 0.4) is 0 Å². The molecule has 0 fully saturated rings. The highest BCUT2D eigenvalue weighted by atomic mass is 15.1. The molecule has 4 nitrogen and oxygen atoms in total. The molecular weight excluding hydrogens is 921 g/mol. The van der Waals surface area contributed by atoms with Gasteiger partial charge in [0.1, 0.15) is 0 Å². The summed E-state index contributed by atoms with van der Waals surface area (Å²) in [5.74, 6) is 0. The molecule has 0 bridgehead atoms. The first-order valence-corrected chi connectivity index (χ1v) is 28.9. The van der Waals surface area contributed by atoms with Crippen LogP contribution in [-0.4, -0.2) is 26.2 Å². The van der Waals surface area contributed by atoms with Crippen molar-refractivity contribution in [2.24, 2.45) is 0 Å². The molecule has 0 aliphatic rings. The van der Waals surface area contributed by atoms with Crippen LogP contribution in [0.15, 0.2) is 133 Å². The van der Waals surface area contributed by atoms with Gasteiger partial charge in [-0.25, -0.2) is 0 Å². The molecule has 0 atom stereocenters. The number of fused-ring (bicyclic) bond motifs is 2. The van der Waals surface area contributed by atoms with Crippen molar-refractivity contribution >= 4 is 81.5 Å². The van der Waals surface area contributed by atoms with E-state index >= 15 is 0 Å². The Hall–Kier alpha value is -7.40. The molecule has 7 aromatic rings. The molecule has 0 N–H and O–H groups in total. The van der Waals surface area contributed by atoms with Gasteiger partial charge in [-0.1, -0.05) is 226 Å². The van der Waals surface area contributed by atoms with Gasteiger partial charge in [0.05, 0.1) is 23.3 Å². The van der Waals surface area contributed by atoms with Crippen LogP contribution in [0.1, 0.15) is 186 Å². The summed E-state index contributed by atoms with van der Waals surface area (Å²) in [4.78, 5) is 5.20. The summed E-state index contributed by atoms with van der Waals surface area (Å²) in [5.41, 5.74) is 12.9. The van der Waals surface area contributed by atoms with Gasteiger partial charge in [0, 0.05) is 37.6 Å². The summed E-state index contributed by atoms with van der Waals surface area (Å²) in [6.07, 6.45) is 38.1. The maximum Gasteiger partial charge on any atom is 0.0991 e. The number of nitrogens with zero attached hydrogens (tertiary/aromatic N) is 4. The van der Waals surface area contributed by atoms with E-state index in [1.165, 1.54) is 125 Å². The summed E-state index contributed by atoms with van der Waals surface area (Å²) < 4.78 is 0. The molecule has 390 valence electrons. The first-order valence-electron chi connectivity index (χ1n) is 28.9. The highest BCUT2D eigenvalue weighted by Gasteiger charge is 2.14. The molecule has 0 aliphatic carbocycles. The van der Waals surface area contributed by atoms with Crippen LogP contribution in [-0.2, 0) is 0 Å². The van der Waals surface area contributed by atoms with Crippen molar-refractivity contribution in [1.29, 1.82) is 10.5 Å². The molecule has 0 saturated carbocycles. The number of nitriles is 2. The lowest BCUT2D eigenvalue weighted by molar-refractivity contribution is 0.609. The molecule has 7 rings (SSSR count). The van der Waals surface area contributed by atoms with E-state index in [0.717, 1.165) is 81.1 Å². The van der Waals surface area contributed by atoms with Crippen LogP contribution in [0.2, 0.25) is 0 Å². The van der Waals surface area contributed by atoms with E-state index in [1.54, 1.807) is 0 Å². The van der Waals surface area contributed by atoms with Crippen molar-refractivity contribution in [1.82, 2.24) is 0 Å². The highest BCUT2D eigenvalue weighted by molar-refractivity contribution is 6.15. The predicted molar refractivity (Wildman–Crippen MR) is 333 cm³/mol. The largest absolute Gasteiger partial charge is 0.372 e. The summed E-state index contributed by atoms with van der Waals surface area (Å²) in [7, 11) is 0. The fraction of sp³-hybridized carbons (Fsp3) is 0.333. The number of benzene rings is 7. The van der Waals surface area contributed by atoms with Gasteiger partial charge in [-0.15, -0.1) is 0 Å². The van der Waals surface area contributed by atoms with Crippen molar-refractivity contribution in [2.45, 2.75) is 130 Å². The van der Waals surface area contributed by atoms with Crippen molar-refractivity contribution in [3.05, 3.63) is 189 Å². The molecule has 0 unspecified atom stereocenters. The average Bonchev–Trinajstić information content (AvgIpc) is 3.46. The quantitative estimate of drug-likeness (QED) is 0.0256. The van der Waals surface area contributed by atoms with Crippen molar-refractivity contribution in [3.63, 3.8) is 0 Å². The number of hydrogen-bond acceptors (Lipinski definition) is 4. The second-order valence-electron chi connectivity index (χ2n) is 20.6. The number of unbranched alkanes of at least 4 members (excludes halogenated alkanes) is 12. The van der Waals surface area contributed by atoms with E-state index in [4.69, 9.17) is 0 Å². The van der Waals surface area contributed by atoms with E-state index in [-0.39, 0.29) is 0 Å². The van der Waals surface area contributed by atoms with Crippen LogP contribution < -0.4 is 9.80 Å². The van der Waals surface area contributed by atoms with E-state index in [9.17, 15) is 10.5 Å². The van der Waals surface area contributed by atoms with Gasteiger partial charge in [0.25, 0.3) is 0 Å². The molecule has 0 spiro atoms. The normalized spacial score (nSPS) is 11.7. The van der Waals surface area contributed by atoms with Gasteiger partial charge >= 0.3 is 0 Å². The highest BCUT2D eigenvalue weighted by Crippen LogP contribution is 2.38. The lowest BCUT2D eigenvalue weighted by Crippen LogP contribution is -2.25. The maximum absolute atomic E-state index is 9.54. The molecule has 0 radical (unpaired) electrons. The van der Waals surface area contributed by atoms with Gasteiger partial charge in [-0.2, -0.15) is 10.5 Å². The molecule has 0 aromatic heterocycles.